The van der Waals surface area contributed by atoms with Crippen LogP contribution in [0.4, 0.5) is 0 Å². The van der Waals surface area contributed by atoms with Gasteiger partial charge in [-0.05, 0) is 68.6 Å². The van der Waals surface area contributed by atoms with Gasteiger partial charge in [-0.25, -0.2) is 0 Å². The van der Waals surface area contributed by atoms with Crippen LogP contribution in [-0.2, 0) is 0 Å². The predicted octanol–water partition coefficient (Wildman–Crippen LogP) is 7.10. The molecule has 0 spiro atoms. The second-order valence-electron chi connectivity index (χ2n) is 9.81. The number of fused-ring (bicyclic) bond motifs is 1. The fourth-order valence-corrected chi connectivity index (χ4v) is 6.34. The van der Waals surface area contributed by atoms with Gasteiger partial charge in [-0.15, -0.1) is 0 Å². The van der Waals surface area contributed by atoms with Crippen LogP contribution in [0, 0.1) is 23.7 Å². The molecule has 146 valence electrons. The van der Waals surface area contributed by atoms with Gasteiger partial charge in [0.2, 0.25) is 0 Å². The van der Waals surface area contributed by atoms with Crippen LogP contribution in [0.3, 0.4) is 0 Å². The van der Waals surface area contributed by atoms with Crippen molar-refractivity contribution in [3.8, 4) is 0 Å². The fourth-order valence-electron chi connectivity index (χ4n) is 6.34. The van der Waals surface area contributed by atoms with Gasteiger partial charge in [0, 0.05) is 12.1 Å². The van der Waals surface area contributed by atoms with Crippen molar-refractivity contribution in [2.24, 2.45) is 23.7 Å². The maximum Gasteiger partial charge on any atom is 0.00982 e. The third kappa shape index (κ3) is 5.72. The van der Waals surface area contributed by atoms with E-state index in [-0.39, 0.29) is 0 Å². The van der Waals surface area contributed by atoms with E-state index in [9.17, 15) is 0 Å². The number of hydrogen-bond donors (Lipinski definition) is 1. The normalized spacial score (nSPS) is 39.1. The van der Waals surface area contributed by atoms with E-state index in [1.807, 2.05) is 0 Å². The van der Waals surface area contributed by atoms with Crippen LogP contribution in [0.5, 0.6) is 0 Å². The van der Waals surface area contributed by atoms with Crippen molar-refractivity contribution in [3.63, 3.8) is 0 Å². The Hall–Kier alpha value is -0.0400. The van der Waals surface area contributed by atoms with Gasteiger partial charge in [0.05, 0.1) is 0 Å². The molecular formula is C24H45N. The predicted molar refractivity (Wildman–Crippen MR) is 110 cm³/mol. The maximum atomic E-state index is 4.17. The molecule has 0 aromatic rings. The molecule has 3 fully saturated rings. The molecule has 2 saturated carbocycles. The quantitative estimate of drug-likeness (QED) is 0.462. The molecule has 3 rings (SSSR count). The summed E-state index contributed by atoms with van der Waals surface area (Å²) in [5, 5.41) is 4.17. The smallest absolute Gasteiger partial charge is 0.00982 e. The summed E-state index contributed by atoms with van der Waals surface area (Å²) in [5.41, 5.74) is 0. The summed E-state index contributed by atoms with van der Waals surface area (Å²) in [7, 11) is 0. The molecule has 1 aliphatic heterocycles. The molecule has 4 atom stereocenters. The molecule has 0 aromatic carbocycles. The highest BCUT2D eigenvalue weighted by molar-refractivity contribution is 4.94. The van der Waals surface area contributed by atoms with E-state index in [0.29, 0.717) is 0 Å². The molecule has 1 heterocycles. The lowest BCUT2D eigenvalue weighted by atomic mass is 9.69. The van der Waals surface area contributed by atoms with Crippen molar-refractivity contribution in [1.29, 1.82) is 0 Å². The van der Waals surface area contributed by atoms with Gasteiger partial charge >= 0.3 is 0 Å². The Labute approximate surface area is 158 Å². The Morgan fingerprint density at radius 1 is 0.600 bits per heavy atom. The third-order valence-corrected chi connectivity index (χ3v) is 8.01. The number of nitrogens with one attached hydrogen (secondary N) is 1. The minimum Gasteiger partial charge on any atom is -0.311 e. The molecule has 1 N–H and O–H groups in total. The first kappa shape index (κ1) is 19.7. The van der Waals surface area contributed by atoms with E-state index in [2.05, 4.69) is 19.2 Å². The second-order valence-corrected chi connectivity index (χ2v) is 9.81. The molecule has 1 heteroatoms. The zero-order chi connectivity index (χ0) is 17.5. The SMILES string of the molecule is CCCCCC1CCC(C2CCC3CC(CCCC)CCC3N2)CC1. The first-order valence-electron chi connectivity index (χ1n) is 12.1. The van der Waals surface area contributed by atoms with Crippen LogP contribution in [0.2, 0.25) is 0 Å². The third-order valence-electron chi connectivity index (χ3n) is 8.01. The molecule has 0 aromatic heterocycles. The van der Waals surface area contributed by atoms with E-state index in [1.165, 1.54) is 103 Å². The first-order chi connectivity index (χ1) is 12.3. The van der Waals surface area contributed by atoms with Gasteiger partial charge < -0.3 is 5.32 Å². The highest BCUT2D eigenvalue weighted by atomic mass is 15.0. The average Bonchev–Trinajstić information content (AvgIpc) is 2.66. The van der Waals surface area contributed by atoms with Gasteiger partial charge in [0.15, 0.2) is 0 Å². The highest BCUT2D eigenvalue weighted by Gasteiger charge is 2.38. The largest absolute Gasteiger partial charge is 0.311 e. The summed E-state index contributed by atoms with van der Waals surface area (Å²) in [6, 6.07) is 1.74. The number of rotatable bonds is 8. The minimum atomic E-state index is 0.866. The highest BCUT2D eigenvalue weighted by Crippen LogP contribution is 2.41. The van der Waals surface area contributed by atoms with Gasteiger partial charge in [-0.2, -0.15) is 0 Å². The number of hydrogen-bond acceptors (Lipinski definition) is 1. The number of piperidine rings is 1. The van der Waals surface area contributed by atoms with E-state index >= 15 is 0 Å². The lowest BCUT2D eigenvalue weighted by Crippen LogP contribution is -2.53. The Kier molecular flexibility index (Phi) is 8.15. The van der Waals surface area contributed by atoms with Crippen molar-refractivity contribution < 1.29 is 0 Å². The van der Waals surface area contributed by atoms with E-state index < -0.39 is 0 Å². The van der Waals surface area contributed by atoms with Gasteiger partial charge in [-0.1, -0.05) is 71.6 Å². The van der Waals surface area contributed by atoms with Gasteiger partial charge in [-0.3, -0.25) is 0 Å². The van der Waals surface area contributed by atoms with Crippen molar-refractivity contribution in [1.82, 2.24) is 5.32 Å². The number of unbranched alkanes of at least 4 members (excludes halogenated alkanes) is 3. The van der Waals surface area contributed by atoms with Crippen LogP contribution in [0.15, 0.2) is 0 Å². The van der Waals surface area contributed by atoms with E-state index in [0.717, 1.165) is 35.8 Å². The zero-order valence-corrected chi connectivity index (χ0v) is 17.3. The Morgan fingerprint density at radius 2 is 1.20 bits per heavy atom. The summed E-state index contributed by atoms with van der Waals surface area (Å²) in [5.74, 6) is 4.13. The Bertz CT molecular complexity index is 357. The van der Waals surface area contributed by atoms with E-state index in [4.69, 9.17) is 0 Å². The fraction of sp³-hybridized carbons (Fsp3) is 1.00. The molecular weight excluding hydrogens is 302 g/mol. The molecule has 0 bridgehead atoms. The average molecular weight is 348 g/mol. The van der Waals surface area contributed by atoms with Crippen molar-refractivity contribution in [2.45, 2.75) is 129 Å². The van der Waals surface area contributed by atoms with Crippen LogP contribution in [-0.4, -0.2) is 12.1 Å². The van der Waals surface area contributed by atoms with Crippen LogP contribution in [0.1, 0.15) is 117 Å². The zero-order valence-electron chi connectivity index (χ0n) is 17.3. The molecule has 0 amide bonds. The molecule has 2 aliphatic carbocycles. The molecule has 3 aliphatic rings. The summed E-state index contributed by atoms with van der Waals surface area (Å²) in [4.78, 5) is 0. The van der Waals surface area contributed by atoms with Gasteiger partial charge in [0.25, 0.3) is 0 Å². The molecule has 0 radical (unpaired) electrons. The lowest BCUT2D eigenvalue weighted by molar-refractivity contribution is 0.0972. The molecule has 1 saturated heterocycles. The molecule has 25 heavy (non-hydrogen) atoms. The topological polar surface area (TPSA) is 12.0 Å². The minimum absolute atomic E-state index is 0.866. The van der Waals surface area contributed by atoms with Crippen LogP contribution >= 0.6 is 0 Å². The second kappa shape index (κ2) is 10.3. The van der Waals surface area contributed by atoms with Gasteiger partial charge in [0.1, 0.15) is 0 Å². The Balaban J connectivity index is 1.38. The van der Waals surface area contributed by atoms with Crippen molar-refractivity contribution in [2.75, 3.05) is 0 Å². The monoisotopic (exact) mass is 347 g/mol. The van der Waals surface area contributed by atoms with Crippen molar-refractivity contribution >= 4 is 0 Å². The lowest BCUT2D eigenvalue weighted by Gasteiger charge is -2.46. The van der Waals surface area contributed by atoms with E-state index in [1.54, 1.807) is 0 Å². The molecule has 1 nitrogen and oxygen atoms in total. The van der Waals surface area contributed by atoms with Crippen LogP contribution in [0.25, 0.3) is 0 Å². The van der Waals surface area contributed by atoms with Crippen molar-refractivity contribution in [3.05, 3.63) is 0 Å². The molecule has 4 unspecified atom stereocenters. The summed E-state index contributed by atoms with van der Waals surface area (Å²) >= 11 is 0. The standard InChI is InChI=1S/C24H45N/c1-3-5-7-9-19-10-13-21(14-11-19)23-17-15-22-18-20(8-6-4-2)12-16-24(22)25-23/h19-25H,3-18H2,1-2H3. The Morgan fingerprint density at radius 3 is 1.96 bits per heavy atom. The first-order valence-corrected chi connectivity index (χ1v) is 12.1. The maximum absolute atomic E-state index is 4.17. The summed E-state index contributed by atoms with van der Waals surface area (Å²) in [6.07, 6.45) is 23.8. The van der Waals surface area contributed by atoms with Crippen LogP contribution < -0.4 is 5.32 Å². The summed E-state index contributed by atoms with van der Waals surface area (Å²) < 4.78 is 0. The summed E-state index contributed by atoms with van der Waals surface area (Å²) in [6.45, 7) is 4.67.